The molecule has 3 aromatic rings. The van der Waals surface area contributed by atoms with Crippen LogP contribution in [0.4, 0.5) is 0 Å². The molecule has 0 bridgehead atoms. The van der Waals surface area contributed by atoms with Gasteiger partial charge in [-0.15, -0.1) is 0 Å². The second-order valence-corrected chi connectivity index (χ2v) is 9.46. The van der Waals surface area contributed by atoms with Crippen LogP contribution in [0.15, 0.2) is 46.9 Å². The van der Waals surface area contributed by atoms with E-state index < -0.39 is 5.60 Å². The molecule has 174 valence electrons. The maximum Gasteiger partial charge on any atom is 0.287 e. The third kappa shape index (κ3) is 4.56. The molecule has 2 aliphatic rings. The zero-order chi connectivity index (χ0) is 23.0. The lowest BCUT2D eigenvalue weighted by Crippen LogP contribution is -2.43. The minimum absolute atomic E-state index is 0.220. The van der Waals surface area contributed by atoms with E-state index in [4.69, 9.17) is 13.9 Å². The van der Waals surface area contributed by atoms with Crippen LogP contribution >= 0.6 is 0 Å². The van der Waals surface area contributed by atoms with Crippen LogP contribution in [0, 0.1) is 5.92 Å². The second-order valence-electron chi connectivity index (χ2n) is 9.46. The van der Waals surface area contributed by atoms with E-state index in [1.807, 2.05) is 36.4 Å². The number of rotatable bonds is 6. The van der Waals surface area contributed by atoms with Crippen molar-refractivity contribution >= 4 is 16.9 Å². The third-order valence-electron chi connectivity index (χ3n) is 6.47. The summed E-state index contributed by atoms with van der Waals surface area (Å²) in [7, 11) is 0. The molecule has 1 aromatic heterocycles. The van der Waals surface area contributed by atoms with Gasteiger partial charge in [-0.2, -0.15) is 0 Å². The number of benzene rings is 2. The molecule has 3 heterocycles. The molecule has 7 heteroatoms. The number of likely N-dealkylation sites (tertiary alicyclic amines) is 1. The smallest absolute Gasteiger partial charge is 0.287 e. The summed E-state index contributed by atoms with van der Waals surface area (Å²) in [5, 5.41) is 15.0. The minimum atomic E-state index is -0.847. The van der Waals surface area contributed by atoms with Gasteiger partial charge in [-0.1, -0.05) is 26.0 Å². The molecule has 2 N–H and O–H groups in total. The highest BCUT2D eigenvalue weighted by Gasteiger charge is 2.34. The Labute approximate surface area is 193 Å². The number of nitrogens with zero attached hydrogens (tertiary/aromatic N) is 1. The average molecular weight is 451 g/mol. The third-order valence-corrected chi connectivity index (χ3v) is 6.47. The highest BCUT2D eigenvalue weighted by Crippen LogP contribution is 2.35. The molecule has 1 amide bonds. The molecule has 2 aromatic carbocycles. The van der Waals surface area contributed by atoms with E-state index >= 15 is 0 Å². The number of amides is 1. The van der Waals surface area contributed by atoms with E-state index in [1.165, 1.54) is 0 Å². The van der Waals surface area contributed by atoms with Gasteiger partial charge in [-0.25, -0.2) is 0 Å². The van der Waals surface area contributed by atoms with Gasteiger partial charge in [0.25, 0.3) is 5.91 Å². The van der Waals surface area contributed by atoms with Gasteiger partial charge >= 0.3 is 0 Å². The Kier molecular flexibility index (Phi) is 5.76. The van der Waals surface area contributed by atoms with Crippen molar-refractivity contribution in [2.75, 3.05) is 26.4 Å². The molecule has 7 nitrogen and oxygen atoms in total. The van der Waals surface area contributed by atoms with Crippen molar-refractivity contribution in [1.29, 1.82) is 0 Å². The van der Waals surface area contributed by atoms with Gasteiger partial charge in [-0.05, 0) is 60.2 Å². The summed E-state index contributed by atoms with van der Waals surface area (Å²) in [6, 6.07) is 13.0. The maximum atomic E-state index is 12.7. The molecule has 2 aliphatic heterocycles. The minimum Gasteiger partial charge on any atom is -0.454 e. The topological polar surface area (TPSA) is 84.2 Å². The van der Waals surface area contributed by atoms with Gasteiger partial charge in [0.2, 0.25) is 6.79 Å². The predicted octanol–water partition coefficient (Wildman–Crippen LogP) is 4.03. The number of piperidine rings is 1. The van der Waals surface area contributed by atoms with Gasteiger partial charge in [0, 0.05) is 31.6 Å². The SMILES string of the molecule is CC(C)CN1CCC(O)(c2ccc3oc(C(=O)NCc4ccc5c(c4)OCO5)cc3c2)CC1. The number of furan rings is 1. The molecule has 0 unspecified atom stereocenters. The summed E-state index contributed by atoms with van der Waals surface area (Å²) in [5.74, 6) is 1.98. The van der Waals surface area contributed by atoms with Gasteiger partial charge in [0.1, 0.15) is 5.58 Å². The Morgan fingerprint density at radius 2 is 1.88 bits per heavy atom. The number of hydrogen-bond acceptors (Lipinski definition) is 6. The average Bonchev–Trinajstić information content (AvgIpc) is 3.44. The fraction of sp³-hybridized carbons (Fsp3) is 0.423. The Morgan fingerprint density at radius 1 is 1.09 bits per heavy atom. The summed E-state index contributed by atoms with van der Waals surface area (Å²) in [6.45, 7) is 7.83. The van der Waals surface area contributed by atoms with Gasteiger partial charge in [-0.3, -0.25) is 4.79 Å². The van der Waals surface area contributed by atoms with Crippen LogP contribution in [0.25, 0.3) is 11.0 Å². The molecule has 5 rings (SSSR count). The first-order valence-electron chi connectivity index (χ1n) is 11.6. The normalized spacial score (nSPS) is 17.6. The number of fused-ring (bicyclic) bond motifs is 2. The molecular formula is C26H30N2O5. The predicted molar refractivity (Wildman–Crippen MR) is 124 cm³/mol. The first-order valence-corrected chi connectivity index (χ1v) is 11.6. The van der Waals surface area contributed by atoms with Gasteiger partial charge in [0.15, 0.2) is 17.3 Å². The Hall–Kier alpha value is -3.03. The van der Waals surface area contributed by atoms with Crippen molar-refractivity contribution in [2.45, 2.75) is 38.8 Å². The molecule has 0 spiro atoms. The van der Waals surface area contributed by atoms with Crippen molar-refractivity contribution in [3.8, 4) is 11.5 Å². The quantitative estimate of drug-likeness (QED) is 0.590. The summed E-state index contributed by atoms with van der Waals surface area (Å²) >= 11 is 0. The number of ether oxygens (including phenoxy) is 2. The van der Waals surface area contributed by atoms with E-state index in [0.717, 1.165) is 36.1 Å². The lowest BCUT2D eigenvalue weighted by atomic mass is 9.84. The van der Waals surface area contributed by atoms with Gasteiger partial charge in [0.05, 0.1) is 5.60 Å². The number of carbonyl (C=O) groups is 1. The standard InChI is InChI=1S/C26H30N2O5/c1-17(2)15-28-9-7-26(30,8-10-28)20-4-6-21-19(12-20)13-24(33-21)25(29)27-14-18-3-5-22-23(11-18)32-16-31-22/h3-6,11-13,17,30H,7-10,14-16H2,1-2H3,(H,27,29). The molecular weight excluding hydrogens is 420 g/mol. The van der Waals surface area contributed by atoms with E-state index in [2.05, 4.69) is 24.1 Å². The van der Waals surface area contributed by atoms with Crippen LogP contribution in [0.5, 0.6) is 11.5 Å². The summed E-state index contributed by atoms with van der Waals surface area (Å²) in [6.07, 6.45) is 1.40. The van der Waals surface area contributed by atoms with Crippen LogP contribution in [0.1, 0.15) is 48.4 Å². The van der Waals surface area contributed by atoms with Crippen molar-refractivity contribution in [2.24, 2.45) is 5.92 Å². The Bertz CT molecular complexity index is 1160. The van der Waals surface area contributed by atoms with Gasteiger partial charge < -0.3 is 29.2 Å². The molecule has 1 saturated heterocycles. The Morgan fingerprint density at radius 3 is 2.67 bits per heavy atom. The van der Waals surface area contributed by atoms with Crippen molar-refractivity contribution in [1.82, 2.24) is 10.2 Å². The summed E-state index contributed by atoms with van der Waals surface area (Å²) in [5.41, 5.74) is 1.58. The fourth-order valence-corrected chi connectivity index (χ4v) is 4.68. The molecule has 0 saturated carbocycles. The van der Waals surface area contributed by atoms with Crippen molar-refractivity contribution in [3.63, 3.8) is 0 Å². The summed E-state index contributed by atoms with van der Waals surface area (Å²) < 4.78 is 16.5. The Balaban J connectivity index is 1.26. The zero-order valence-electron chi connectivity index (χ0n) is 19.1. The molecule has 0 radical (unpaired) electrons. The monoisotopic (exact) mass is 450 g/mol. The molecule has 1 fully saturated rings. The molecule has 33 heavy (non-hydrogen) atoms. The first kappa shape index (κ1) is 21.8. The van der Waals surface area contributed by atoms with E-state index in [0.29, 0.717) is 42.4 Å². The number of hydrogen-bond donors (Lipinski definition) is 2. The van der Waals surface area contributed by atoms with Crippen molar-refractivity contribution < 1.29 is 23.8 Å². The zero-order valence-corrected chi connectivity index (χ0v) is 19.1. The van der Waals surface area contributed by atoms with Crippen LogP contribution in [-0.2, 0) is 12.1 Å². The highest BCUT2D eigenvalue weighted by atomic mass is 16.7. The number of carbonyl (C=O) groups excluding carboxylic acids is 1. The van der Waals surface area contributed by atoms with Crippen LogP contribution in [-0.4, -0.2) is 42.3 Å². The van der Waals surface area contributed by atoms with E-state index in [1.54, 1.807) is 6.07 Å². The highest BCUT2D eigenvalue weighted by molar-refractivity contribution is 5.96. The van der Waals surface area contributed by atoms with Crippen LogP contribution < -0.4 is 14.8 Å². The lowest BCUT2D eigenvalue weighted by molar-refractivity contribution is -0.0278. The van der Waals surface area contributed by atoms with Crippen molar-refractivity contribution in [3.05, 3.63) is 59.4 Å². The van der Waals surface area contributed by atoms with E-state index in [9.17, 15) is 9.90 Å². The van der Waals surface area contributed by atoms with Crippen LogP contribution in [0.3, 0.4) is 0 Å². The molecule has 0 atom stereocenters. The second kappa shape index (κ2) is 8.72. The number of aliphatic hydroxyl groups is 1. The molecule has 0 aliphatic carbocycles. The maximum absolute atomic E-state index is 12.7. The fourth-order valence-electron chi connectivity index (χ4n) is 4.68. The lowest BCUT2D eigenvalue weighted by Gasteiger charge is -2.39. The van der Waals surface area contributed by atoms with E-state index in [-0.39, 0.29) is 18.5 Å². The van der Waals surface area contributed by atoms with Crippen LogP contribution in [0.2, 0.25) is 0 Å². The first-order chi connectivity index (χ1) is 15.9. The largest absolute Gasteiger partial charge is 0.454 e. The summed E-state index contributed by atoms with van der Waals surface area (Å²) in [4.78, 5) is 15.1. The number of nitrogens with one attached hydrogen (secondary N) is 1.